The van der Waals surface area contributed by atoms with Crippen LogP contribution in [0.2, 0.25) is 0 Å². The summed E-state index contributed by atoms with van der Waals surface area (Å²) >= 11 is 0. The van der Waals surface area contributed by atoms with Crippen LogP contribution in [0.15, 0.2) is 0 Å². The largest absolute Gasteiger partial charge is 0.400 e. The van der Waals surface area contributed by atoms with Crippen LogP contribution in [0.5, 0.6) is 0 Å². The van der Waals surface area contributed by atoms with Gasteiger partial charge in [-0.3, -0.25) is 4.55 Å². The van der Waals surface area contributed by atoms with Gasteiger partial charge >= 0.3 is 15.4 Å². The highest BCUT2D eigenvalue weighted by Gasteiger charge is 2.53. The van der Waals surface area contributed by atoms with Crippen molar-refractivity contribution in [2.24, 2.45) is 23.2 Å². The molecule has 4 bridgehead atoms. The molecule has 7 heteroatoms. The Morgan fingerprint density at radius 3 is 1.95 bits per heavy atom. The van der Waals surface area contributed by atoms with Gasteiger partial charge < -0.3 is 0 Å². The molecular weight excluding hydrogens is 317 g/mol. The van der Waals surface area contributed by atoms with Crippen molar-refractivity contribution in [1.29, 1.82) is 0 Å². The molecule has 0 aromatic rings. The minimum atomic E-state index is -5.69. The maximum absolute atomic E-state index is 13.5. The summed E-state index contributed by atoms with van der Waals surface area (Å²) in [5.74, 6) is 2.23. The molecule has 128 valence electrons. The fourth-order valence-electron chi connectivity index (χ4n) is 5.58. The van der Waals surface area contributed by atoms with Gasteiger partial charge in [0.15, 0.2) is 6.17 Å². The number of alkyl halides is 3. The van der Waals surface area contributed by atoms with Gasteiger partial charge in [0.1, 0.15) is 0 Å². The summed E-state index contributed by atoms with van der Waals surface area (Å²) in [6, 6.07) is 0. The molecule has 0 radical (unpaired) electrons. The van der Waals surface area contributed by atoms with Gasteiger partial charge in [-0.2, -0.15) is 17.2 Å². The van der Waals surface area contributed by atoms with Crippen molar-refractivity contribution < 1.29 is 26.1 Å². The molecule has 4 aliphatic carbocycles. The minimum absolute atomic E-state index is 0.168. The van der Waals surface area contributed by atoms with Gasteiger partial charge in [0.05, 0.1) is 0 Å². The second-order valence-corrected chi connectivity index (χ2v) is 9.31. The molecule has 0 amide bonds. The SMILES string of the molecule is O=S(=O)(O)C(F)(F)C(F)CCCC12CC3CC(CC(C3)C1)C2. The van der Waals surface area contributed by atoms with Crippen LogP contribution in [-0.4, -0.2) is 24.4 Å². The smallest absolute Gasteiger partial charge is 0.281 e. The first-order valence-electron chi connectivity index (χ1n) is 8.10. The molecule has 4 rings (SSSR count). The number of halogens is 3. The highest BCUT2D eigenvalue weighted by atomic mass is 32.2. The van der Waals surface area contributed by atoms with E-state index in [9.17, 15) is 21.6 Å². The Morgan fingerprint density at radius 2 is 1.55 bits per heavy atom. The van der Waals surface area contributed by atoms with E-state index in [0.29, 0.717) is 6.42 Å². The van der Waals surface area contributed by atoms with E-state index in [1.807, 2.05) is 0 Å². The van der Waals surface area contributed by atoms with E-state index < -0.39 is 28.0 Å². The first-order valence-corrected chi connectivity index (χ1v) is 9.54. The van der Waals surface area contributed by atoms with E-state index in [2.05, 4.69) is 0 Å². The van der Waals surface area contributed by atoms with E-state index in [0.717, 1.165) is 37.0 Å². The zero-order chi connectivity index (χ0) is 16.2. The number of rotatable bonds is 6. The molecule has 1 atom stereocenters. The predicted molar refractivity (Wildman–Crippen MR) is 75.8 cm³/mol. The fraction of sp³-hybridized carbons (Fsp3) is 1.00. The third-order valence-corrected chi connectivity index (χ3v) is 6.98. The molecule has 0 heterocycles. The standard InChI is InChI=1S/C15H23F3O3S/c16-13(15(17,18)22(19,20)21)2-1-3-14-7-10-4-11(8-14)6-12(5-10)9-14/h10-13H,1-9H2,(H,19,20,21). The van der Waals surface area contributed by atoms with Gasteiger partial charge in [0.25, 0.3) is 0 Å². The first-order chi connectivity index (χ1) is 10.1. The highest BCUT2D eigenvalue weighted by Crippen LogP contribution is 2.61. The van der Waals surface area contributed by atoms with E-state index in [-0.39, 0.29) is 11.8 Å². The Balaban J connectivity index is 1.55. The molecule has 0 saturated heterocycles. The number of hydrogen-bond donors (Lipinski definition) is 1. The van der Waals surface area contributed by atoms with Crippen LogP contribution >= 0.6 is 0 Å². The molecule has 0 spiro atoms. The lowest BCUT2D eigenvalue weighted by Crippen LogP contribution is -2.46. The van der Waals surface area contributed by atoms with E-state index in [1.165, 1.54) is 19.3 Å². The van der Waals surface area contributed by atoms with E-state index in [1.54, 1.807) is 0 Å². The van der Waals surface area contributed by atoms with Gasteiger partial charge in [-0.1, -0.05) is 0 Å². The second kappa shape index (κ2) is 5.36. The van der Waals surface area contributed by atoms with Gasteiger partial charge in [-0.15, -0.1) is 0 Å². The summed E-state index contributed by atoms with van der Waals surface area (Å²) < 4.78 is 69.5. The average molecular weight is 340 g/mol. The van der Waals surface area contributed by atoms with Crippen molar-refractivity contribution >= 4 is 10.1 Å². The summed E-state index contributed by atoms with van der Waals surface area (Å²) in [5.41, 5.74) is 0.168. The van der Waals surface area contributed by atoms with Gasteiger partial charge in [-0.25, -0.2) is 4.39 Å². The molecule has 3 nitrogen and oxygen atoms in total. The Bertz CT molecular complexity index is 497. The van der Waals surface area contributed by atoms with Crippen molar-refractivity contribution in [3.05, 3.63) is 0 Å². The average Bonchev–Trinajstić information content (AvgIpc) is 2.35. The zero-order valence-corrected chi connectivity index (χ0v) is 13.3. The lowest BCUT2D eigenvalue weighted by Gasteiger charge is -2.57. The van der Waals surface area contributed by atoms with E-state index in [4.69, 9.17) is 4.55 Å². The maximum Gasteiger partial charge on any atom is 0.400 e. The fourth-order valence-corrected chi connectivity index (χ4v) is 6.02. The molecule has 4 fully saturated rings. The zero-order valence-electron chi connectivity index (χ0n) is 12.5. The minimum Gasteiger partial charge on any atom is -0.281 e. The Kier molecular flexibility index (Phi) is 4.04. The molecule has 4 saturated carbocycles. The third-order valence-electron chi connectivity index (χ3n) is 6.04. The molecule has 0 aliphatic heterocycles. The van der Waals surface area contributed by atoms with Crippen LogP contribution in [0.3, 0.4) is 0 Å². The highest BCUT2D eigenvalue weighted by molar-refractivity contribution is 7.86. The molecular formula is C15H23F3O3S. The Morgan fingerprint density at radius 1 is 1.09 bits per heavy atom. The van der Waals surface area contributed by atoms with Crippen molar-refractivity contribution in [2.75, 3.05) is 0 Å². The third kappa shape index (κ3) is 2.90. The monoisotopic (exact) mass is 340 g/mol. The summed E-state index contributed by atoms with van der Waals surface area (Å²) in [7, 11) is -5.69. The van der Waals surface area contributed by atoms with Crippen LogP contribution in [-0.2, 0) is 10.1 Å². The van der Waals surface area contributed by atoms with Crippen LogP contribution in [0.1, 0.15) is 57.8 Å². The summed E-state index contributed by atoms with van der Waals surface area (Å²) in [4.78, 5) is 0. The lowest BCUT2D eigenvalue weighted by atomic mass is 9.48. The van der Waals surface area contributed by atoms with Gasteiger partial charge in [-0.05, 0) is 81.0 Å². The van der Waals surface area contributed by atoms with Crippen LogP contribution in [0, 0.1) is 23.2 Å². The van der Waals surface area contributed by atoms with Gasteiger partial charge in [0.2, 0.25) is 0 Å². The van der Waals surface area contributed by atoms with Crippen LogP contribution < -0.4 is 0 Å². The molecule has 0 aromatic carbocycles. The normalized spacial score (nSPS) is 39.2. The van der Waals surface area contributed by atoms with Crippen molar-refractivity contribution in [1.82, 2.24) is 0 Å². The first kappa shape index (κ1) is 16.6. The molecule has 1 N–H and O–H groups in total. The van der Waals surface area contributed by atoms with Crippen LogP contribution in [0.4, 0.5) is 13.2 Å². The molecule has 0 aromatic heterocycles. The summed E-state index contributed by atoms with van der Waals surface area (Å²) in [5, 5.41) is -4.70. The summed E-state index contributed by atoms with van der Waals surface area (Å²) in [6.07, 6.45) is 4.78. The molecule has 22 heavy (non-hydrogen) atoms. The van der Waals surface area contributed by atoms with Crippen molar-refractivity contribution in [2.45, 2.75) is 69.2 Å². The topological polar surface area (TPSA) is 54.4 Å². The van der Waals surface area contributed by atoms with Crippen molar-refractivity contribution in [3.8, 4) is 0 Å². The Labute approximate surface area is 129 Å². The van der Waals surface area contributed by atoms with E-state index >= 15 is 0 Å². The summed E-state index contributed by atoms with van der Waals surface area (Å²) in [6.45, 7) is 0. The number of hydrogen-bond acceptors (Lipinski definition) is 2. The quantitative estimate of drug-likeness (QED) is 0.738. The molecule has 4 aliphatic rings. The maximum atomic E-state index is 13.5. The Hall–Kier alpha value is -0.300. The van der Waals surface area contributed by atoms with Crippen LogP contribution in [0.25, 0.3) is 0 Å². The van der Waals surface area contributed by atoms with Crippen molar-refractivity contribution in [3.63, 3.8) is 0 Å². The lowest BCUT2D eigenvalue weighted by molar-refractivity contribution is -0.0616. The second-order valence-electron chi connectivity index (χ2n) is 7.81. The predicted octanol–water partition coefficient (Wildman–Crippen LogP) is 4.19. The molecule has 1 unspecified atom stereocenters. The van der Waals surface area contributed by atoms with Gasteiger partial charge in [0, 0.05) is 0 Å².